The van der Waals surface area contributed by atoms with E-state index in [0.717, 1.165) is 0 Å². The summed E-state index contributed by atoms with van der Waals surface area (Å²) in [5.74, 6) is 0.639. The van der Waals surface area contributed by atoms with Crippen LogP contribution in [0.15, 0.2) is 12.7 Å². The van der Waals surface area contributed by atoms with Crippen LogP contribution in [0.3, 0.4) is 0 Å². The van der Waals surface area contributed by atoms with E-state index in [1.54, 1.807) is 11.9 Å². The molecule has 0 atom stereocenters. The van der Waals surface area contributed by atoms with Crippen molar-refractivity contribution >= 4 is 18.5 Å². The van der Waals surface area contributed by atoms with E-state index >= 15 is 0 Å². The molecule has 0 spiro atoms. The number of carbonyl (C=O) groups is 1. The molecular weight excluding hydrogens is 134 g/mol. The average Bonchev–Trinajstić information content (AvgIpc) is 1.87. The summed E-state index contributed by atoms with van der Waals surface area (Å²) in [4.78, 5) is 12.2. The standard InChI is InChI=1S/C6H11NOS/c1-3-6(8)7(2)4-5-9/h3,9H,1,4-5H2,2H3. The lowest BCUT2D eigenvalue weighted by atomic mass is 10.5. The molecule has 0 heterocycles. The first-order chi connectivity index (χ1) is 4.22. The molecule has 0 aliphatic rings. The van der Waals surface area contributed by atoms with Crippen LogP contribution >= 0.6 is 12.6 Å². The SMILES string of the molecule is C=CC(=O)N(C)CCS. The summed E-state index contributed by atoms with van der Waals surface area (Å²) in [5, 5.41) is 0. The van der Waals surface area contributed by atoms with E-state index in [0.29, 0.717) is 12.3 Å². The van der Waals surface area contributed by atoms with Crippen molar-refractivity contribution in [2.75, 3.05) is 19.3 Å². The van der Waals surface area contributed by atoms with Crippen molar-refractivity contribution in [3.63, 3.8) is 0 Å². The molecule has 0 unspecified atom stereocenters. The first-order valence-electron chi connectivity index (χ1n) is 2.70. The molecular formula is C6H11NOS. The van der Waals surface area contributed by atoms with Gasteiger partial charge in [-0.3, -0.25) is 4.79 Å². The number of rotatable bonds is 3. The molecule has 0 aromatic heterocycles. The van der Waals surface area contributed by atoms with Gasteiger partial charge in [0.15, 0.2) is 0 Å². The maximum Gasteiger partial charge on any atom is 0.245 e. The number of carbonyl (C=O) groups excluding carboxylic acids is 1. The highest BCUT2D eigenvalue weighted by Crippen LogP contribution is 1.85. The topological polar surface area (TPSA) is 20.3 Å². The number of hydrogen-bond acceptors (Lipinski definition) is 2. The van der Waals surface area contributed by atoms with E-state index in [2.05, 4.69) is 19.2 Å². The number of nitrogens with zero attached hydrogens (tertiary/aromatic N) is 1. The Morgan fingerprint density at radius 1 is 1.89 bits per heavy atom. The molecule has 0 aromatic rings. The summed E-state index contributed by atoms with van der Waals surface area (Å²) < 4.78 is 0. The minimum Gasteiger partial charge on any atom is -0.341 e. The molecule has 1 amide bonds. The monoisotopic (exact) mass is 145 g/mol. The van der Waals surface area contributed by atoms with E-state index in [-0.39, 0.29) is 5.91 Å². The highest BCUT2D eigenvalue weighted by Gasteiger charge is 1.99. The Labute approximate surface area is 61.0 Å². The van der Waals surface area contributed by atoms with Crippen molar-refractivity contribution in [1.29, 1.82) is 0 Å². The Bertz CT molecular complexity index is 114. The molecule has 0 fully saturated rings. The molecule has 2 nitrogen and oxygen atoms in total. The molecule has 0 radical (unpaired) electrons. The maximum atomic E-state index is 10.7. The molecule has 0 rings (SSSR count). The van der Waals surface area contributed by atoms with Crippen LogP contribution in [0.1, 0.15) is 0 Å². The molecule has 0 saturated heterocycles. The van der Waals surface area contributed by atoms with Gasteiger partial charge in [-0.2, -0.15) is 12.6 Å². The summed E-state index contributed by atoms with van der Waals surface area (Å²) >= 11 is 3.97. The van der Waals surface area contributed by atoms with Crippen LogP contribution in [-0.2, 0) is 4.79 Å². The largest absolute Gasteiger partial charge is 0.341 e. The van der Waals surface area contributed by atoms with E-state index in [9.17, 15) is 4.79 Å². The average molecular weight is 145 g/mol. The van der Waals surface area contributed by atoms with Crippen molar-refractivity contribution in [2.45, 2.75) is 0 Å². The van der Waals surface area contributed by atoms with Gasteiger partial charge in [0.25, 0.3) is 0 Å². The van der Waals surface area contributed by atoms with Gasteiger partial charge in [0.1, 0.15) is 0 Å². The van der Waals surface area contributed by atoms with Crippen LogP contribution in [0.2, 0.25) is 0 Å². The van der Waals surface area contributed by atoms with Gasteiger partial charge in [0.05, 0.1) is 0 Å². The zero-order valence-corrected chi connectivity index (χ0v) is 6.40. The highest BCUT2D eigenvalue weighted by molar-refractivity contribution is 7.80. The molecule has 9 heavy (non-hydrogen) atoms. The van der Waals surface area contributed by atoms with Crippen molar-refractivity contribution in [1.82, 2.24) is 4.90 Å². The van der Waals surface area contributed by atoms with Crippen molar-refractivity contribution in [3.05, 3.63) is 12.7 Å². The van der Waals surface area contributed by atoms with Crippen molar-refractivity contribution in [3.8, 4) is 0 Å². The van der Waals surface area contributed by atoms with Crippen LogP contribution in [0.4, 0.5) is 0 Å². The van der Waals surface area contributed by atoms with Gasteiger partial charge in [-0.05, 0) is 6.08 Å². The van der Waals surface area contributed by atoms with Gasteiger partial charge < -0.3 is 4.90 Å². The Morgan fingerprint density at radius 3 is 2.78 bits per heavy atom. The maximum absolute atomic E-state index is 10.7. The Hall–Kier alpha value is -0.440. The van der Waals surface area contributed by atoms with Crippen molar-refractivity contribution in [2.24, 2.45) is 0 Å². The van der Waals surface area contributed by atoms with Crippen LogP contribution in [0.25, 0.3) is 0 Å². The lowest BCUT2D eigenvalue weighted by Gasteiger charge is -2.11. The van der Waals surface area contributed by atoms with Gasteiger partial charge in [-0.1, -0.05) is 6.58 Å². The number of amides is 1. The summed E-state index contributed by atoms with van der Waals surface area (Å²) in [6.45, 7) is 4.02. The van der Waals surface area contributed by atoms with Crippen molar-refractivity contribution < 1.29 is 4.79 Å². The Kier molecular flexibility index (Phi) is 4.22. The molecule has 0 bridgehead atoms. The zero-order chi connectivity index (χ0) is 7.28. The third-order valence-corrected chi connectivity index (χ3v) is 1.19. The Morgan fingerprint density at radius 2 is 2.44 bits per heavy atom. The number of likely N-dealkylation sites (N-methyl/N-ethyl adjacent to an activating group) is 1. The number of thiol groups is 1. The van der Waals surface area contributed by atoms with Crippen LogP contribution in [0.5, 0.6) is 0 Å². The van der Waals surface area contributed by atoms with E-state index in [1.165, 1.54) is 6.08 Å². The van der Waals surface area contributed by atoms with Gasteiger partial charge in [0, 0.05) is 19.3 Å². The minimum atomic E-state index is -0.0518. The number of hydrogen-bond donors (Lipinski definition) is 1. The molecule has 0 aliphatic carbocycles. The van der Waals surface area contributed by atoms with E-state index in [4.69, 9.17) is 0 Å². The molecule has 3 heteroatoms. The summed E-state index contributed by atoms with van der Waals surface area (Å²) in [5.41, 5.74) is 0. The predicted octanol–water partition coefficient (Wildman–Crippen LogP) is 0.561. The molecule has 0 aliphatic heterocycles. The van der Waals surface area contributed by atoms with Crippen LogP contribution < -0.4 is 0 Å². The van der Waals surface area contributed by atoms with E-state index in [1.807, 2.05) is 0 Å². The predicted molar refractivity (Wildman–Crippen MR) is 41.7 cm³/mol. The minimum absolute atomic E-state index is 0.0518. The smallest absolute Gasteiger partial charge is 0.245 e. The first kappa shape index (κ1) is 8.56. The molecule has 0 aromatic carbocycles. The molecule has 0 N–H and O–H groups in total. The normalized spacial score (nSPS) is 8.67. The molecule has 0 saturated carbocycles. The second-order valence-electron chi connectivity index (χ2n) is 1.69. The summed E-state index contributed by atoms with van der Waals surface area (Å²) in [7, 11) is 1.72. The fourth-order valence-corrected chi connectivity index (χ4v) is 0.716. The van der Waals surface area contributed by atoms with Gasteiger partial charge in [0.2, 0.25) is 5.91 Å². The van der Waals surface area contributed by atoms with Gasteiger partial charge >= 0.3 is 0 Å². The van der Waals surface area contributed by atoms with Gasteiger partial charge in [-0.25, -0.2) is 0 Å². The second kappa shape index (κ2) is 4.44. The quantitative estimate of drug-likeness (QED) is 0.454. The summed E-state index contributed by atoms with van der Waals surface area (Å²) in [6, 6.07) is 0. The molecule has 52 valence electrons. The van der Waals surface area contributed by atoms with Gasteiger partial charge in [-0.15, -0.1) is 0 Å². The van der Waals surface area contributed by atoms with Crippen LogP contribution in [-0.4, -0.2) is 30.2 Å². The fourth-order valence-electron chi connectivity index (χ4n) is 0.416. The Balaban J connectivity index is 3.58. The fraction of sp³-hybridized carbons (Fsp3) is 0.500. The summed E-state index contributed by atoms with van der Waals surface area (Å²) in [6.07, 6.45) is 1.30. The van der Waals surface area contributed by atoms with E-state index < -0.39 is 0 Å². The zero-order valence-electron chi connectivity index (χ0n) is 5.50. The third kappa shape index (κ3) is 3.19. The van der Waals surface area contributed by atoms with Crippen LogP contribution in [0, 0.1) is 0 Å². The first-order valence-corrected chi connectivity index (χ1v) is 3.34. The lowest BCUT2D eigenvalue weighted by Crippen LogP contribution is -2.26. The highest BCUT2D eigenvalue weighted by atomic mass is 32.1. The second-order valence-corrected chi connectivity index (χ2v) is 2.13. The third-order valence-electron chi connectivity index (χ3n) is 0.986. The lowest BCUT2D eigenvalue weighted by molar-refractivity contribution is -0.124.